The first-order valence-corrected chi connectivity index (χ1v) is 7.36. The first-order chi connectivity index (χ1) is 8.58. The van der Waals surface area contributed by atoms with Gasteiger partial charge in [-0.2, -0.15) is 0 Å². The van der Waals surface area contributed by atoms with Crippen molar-refractivity contribution in [1.82, 2.24) is 0 Å². The highest BCUT2D eigenvalue weighted by atomic mass is 79.9. The molecule has 0 bridgehead atoms. The molecule has 0 aliphatic heterocycles. The van der Waals surface area contributed by atoms with Gasteiger partial charge in [-0.1, -0.05) is 18.2 Å². The van der Waals surface area contributed by atoms with Crippen LogP contribution in [0.4, 0.5) is 10.1 Å². The van der Waals surface area contributed by atoms with E-state index in [1.807, 2.05) is 12.1 Å². The van der Waals surface area contributed by atoms with Gasteiger partial charge in [0, 0.05) is 15.7 Å². The van der Waals surface area contributed by atoms with Crippen LogP contribution in [0.15, 0.2) is 51.8 Å². The number of anilines is 1. The lowest BCUT2D eigenvalue weighted by molar-refractivity contribution is 0.616. The van der Waals surface area contributed by atoms with Crippen molar-refractivity contribution in [3.63, 3.8) is 0 Å². The van der Waals surface area contributed by atoms with Gasteiger partial charge in [-0.3, -0.25) is 4.21 Å². The molecule has 1 unspecified atom stereocenters. The van der Waals surface area contributed by atoms with Gasteiger partial charge in [0.2, 0.25) is 0 Å². The summed E-state index contributed by atoms with van der Waals surface area (Å²) < 4.78 is 26.5. The summed E-state index contributed by atoms with van der Waals surface area (Å²) >= 11 is 3.33. The van der Waals surface area contributed by atoms with Crippen molar-refractivity contribution in [2.45, 2.75) is 10.6 Å². The lowest BCUT2D eigenvalue weighted by Gasteiger charge is -2.06. The fraction of sp³-hybridized carbons (Fsp3) is 0.0769. The largest absolute Gasteiger partial charge is 0.399 e. The zero-order chi connectivity index (χ0) is 13.1. The van der Waals surface area contributed by atoms with Crippen molar-refractivity contribution in [1.29, 1.82) is 0 Å². The molecule has 2 rings (SSSR count). The minimum atomic E-state index is -1.29. The number of hydrogen-bond acceptors (Lipinski definition) is 2. The first-order valence-electron chi connectivity index (χ1n) is 5.25. The Hall–Kier alpha value is -1.20. The molecule has 0 saturated carbocycles. The van der Waals surface area contributed by atoms with Crippen LogP contribution < -0.4 is 5.73 Å². The van der Waals surface area contributed by atoms with Crippen molar-refractivity contribution < 1.29 is 8.60 Å². The Morgan fingerprint density at radius 3 is 2.61 bits per heavy atom. The molecule has 2 aromatic rings. The van der Waals surface area contributed by atoms with Crippen LogP contribution in [0.2, 0.25) is 0 Å². The number of benzene rings is 2. The second-order valence-electron chi connectivity index (χ2n) is 3.77. The molecule has 0 aliphatic rings. The Labute approximate surface area is 116 Å². The Morgan fingerprint density at radius 2 is 1.94 bits per heavy atom. The molecular formula is C13H11BrFNOS. The molecule has 1 atom stereocenters. The Kier molecular flexibility index (Phi) is 4.14. The molecule has 0 radical (unpaired) electrons. The second kappa shape index (κ2) is 5.63. The standard InChI is InChI=1S/C13H11BrFNOS/c14-11-3-1-2-4-13(11)18(17)8-9-5-6-10(16)7-12(9)15/h1-7H,8,16H2. The molecule has 0 saturated heterocycles. The summed E-state index contributed by atoms with van der Waals surface area (Å²) in [6.07, 6.45) is 0. The quantitative estimate of drug-likeness (QED) is 0.877. The van der Waals surface area contributed by atoms with Crippen LogP contribution in [0.3, 0.4) is 0 Å². The molecule has 0 aliphatic carbocycles. The molecule has 0 heterocycles. The molecule has 94 valence electrons. The smallest absolute Gasteiger partial charge is 0.129 e. The van der Waals surface area contributed by atoms with Gasteiger partial charge in [0.05, 0.1) is 21.4 Å². The third kappa shape index (κ3) is 2.97. The monoisotopic (exact) mass is 327 g/mol. The van der Waals surface area contributed by atoms with Crippen LogP contribution in [0.1, 0.15) is 5.56 Å². The van der Waals surface area contributed by atoms with Gasteiger partial charge in [-0.25, -0.2) is 4.39 Å². The lowest BCUT2D eigenvalue weighted by atomic mass is 10.2. The highest BCUT2D eigenvalue weighted by Gasteiger charge is 2.11. The Bertz CT molecular complexity index is 603. The van der Waals surface area contributed by atoms with E-state index in [1.54, 1.807) is 24.3 Å². The molecule has 0 amide bonds. The van der Waals surface area contributed by atoms with Gasteiger partial charge < -0.3 is 5.73 Å². The topological polar surface area (TPSA) is 43.1 Å². The molecule has 2 N–H and O–H groups in total. The fourth-order valence-corrected chi connectivity index (χ4v) is 3.54. The number of rotatable bonds is 3. The summed E-state index contributed by atoms with van der Waals surface area (Å²) in [5.74, 6) is -0.287. The minimum Gasteiger partial charge on any atom is -0.399 e. The SMILES string of the molecule is Nc1ccc(CS(=O)c2ccccc2Br)c(F)c1. The van der Waals surface area contributed by atoms with Gasteiger partial charge in [-0.15, -0.1) is 0 Å². The maximum atomic E-state index is 13.6. The summed E-state index contributed by atoms with van der Waals surface area (Å²) in [4.78, 5) is 0.661. The molecule has 0 spiro atoms. The molecule has 18 heavy (non-hydrogen) atoms. The van der Waals surface area contributed by atoms with E-state index in [9.17, 15) is 8.60 Å². The second-order valence-corrected chi connectivity index (χ2v) is 6.05. The van der Waals surface area contributed by atoms with Crippen LogP contribution >= 0.6 is 15.9 Å². The van der Waals surface area contributed by atoms with Gasteiger partial charge in [0.1, 0.15) is 5.82 Å². The summed E-state index contributed by atoms with van der Waals surface area (Å²) in [5.41, 5.74) is 6.24. The number of nitrogens with two attached hydrogens (primary N) is 1. The van der Waals surface area contributed by atoms with E-state index in [4.69, 9.17) is 5.73 Å². The number of nitrogen functional groups attached to an aromatic ring is 1. The maximum absolute atomic E-state index is 13.6. The lowest BCUT2D eigenvalue weighted by Crippen LogP contribution is -2.00. The molecular weight excluding hydrogens is 317 g/mol. The Morgan fingerprint density at radius 1 is 1.22 bits per heavy atom. The van der Waals surface area contributed by atoms with Crippen LogP contribution in [-0.2, 0) is 16.6 Å². The van der Waals surface area contributed by atoms with Crippen molar-refractivity contribution >= 4 is 32.4 Å². The predicted octanol–water partition coefficient (Wildman–Crippen LogP) is 3.48. The van der Waals surface area contributed by atoms with Gasteiger partial charge in [0.15, 0.2) is 0 Å². The molecule has 5 heteroatoms. The molecule has 0 aromatic heterocycles. The van der Waals surface area contributed by atoms with Gasteiger partial charge in [0.25, 0.3) is 0 Å². The molecule has 2 aromatic carbocycles. The number of halogens is 2. The van der Waals surface area contributed by atoms with E-state index in [0.717, 1.165) is 4.47 Å². The normalized spacial score (nSPS) is 12.3. The highest BCUT2D eigenvalue weighted by Crippen LogP contribution is 2.23. The third-order valence-electron chi connectivity index (χ3n) is 2.45. The zero-order valence-electron chi connectivity index (χ0n) is 9.40. The van der Waals surface area contributed by atoms with Crippen molar-refractivity contribution in [3.8, 4) is 0 Å². The van der Waals surface area contributed by atoms with E-state index in [0.29, 0.717) is 16.1 Å². The van der Waals surface area contributed by atoms with Crippen LogP contribution in [-0.4, -0.2) is 4.21 Å². The summed E-state index contributed by atoms with van der Waals surface area (Å²) in [7, 11) is -1.29. The van der Waals surface area contributed by atoms with E-state index < -0.39 is 16.6 Å². The summed E-state index contributed by atoms with van der Waals surface area (Å²) in [5, 5.41) is 0. The molecule has 2 nitrogen and oxygen atoms in total. The highest BCUT2D eigenvalue weighted by molar-refractivity contribution is 9.10. The van der Waals surface area contributed by atoms with E-state index in [-0.39, 0.29) is 5.75 Å². The van der Waals surface area contributed by atoms with E-state index >= 15 is 0 Å². The van der Waals surface area contributed by atoms with Gasteiger partial charge >= 0.3 is 0 Å². The van der Waals surface area contributed by atoms with Crippen LogP contribution in [0, 0.1) is 5.82 Å². The number of hydrogen-bond donors (Lipinski definition) is 1. The maximum Gasteiger partial charge on any atom is 0.129 e. The van der Waals surface area contributed by atoms with E-state index in [1.165, 1.54) is 6.07 Å². The molecule has 0 fully saturated rings. The predicted molar refractivity (Wildman–Crippen MR) is 75.1 cm³/mol. The Balaban J connectivity index is 2.24. The minimum absolute atomic E-state index is 0.134. The van der Waals surface area contributed by atoms with E-state index in [2.05, 4.69) is 15.9 Å². The van der Waals surface area contributed by atoms with Crippen molar-refractivity contribution in [3.05, 3.63) is 58.3 Å². The summed E-state index contributed by atoms with van der Waals surface area (Å²) in [6.45, 7) is 0. The van der Waals surface area contributed by atoms with Gasteiger partial charge in [-0.05, 0) is 40.2 Å². The van der Waals surface area contributed by atoms with Crippen LogP contribution in [0.5, 0.6) is 0 Å². The van der Waals surface area contributed by atoms with Crippen LogP contribution in [0.25, 0.3) is 0 Å². The fourth-order valence-electron chi connectivity index (χ4n) is 1.53. The average molecular weight is 328 g/mol. The zero-order valence-corrected chi connectivity index (χ0v) is 11.8. The summed E-state index contributed by atoms with van der Waals surface area (Å²) in [6, 6.07) is 11.6. The average Bonchev–Trinajstić information content (AvgIpc) is 2.33. The van der Waals surface area contributed by atoms with Crippen molar-refractivity contribution in [2.75, 3.05) is 5.73 Å². The van der Waals surface area contributed by atoms with Crippen molar-refractivity contribution in [2.24, 2.45) is 0 Å². The first kappa shape index (κ1) is 13.2. The third-order valence-corrected chi connectivity index (χ3v) is 4.82.